The van der Waals surface area contributed by atoms with E-state index in [1.807, 2.05) is 17.0 Å². The molecule has 4 rings (SSSR count). The van der Waals surface area contributed by atoms with Gasteiger partial charge in [0.1, 0.15) is 5.82 Å². The fourth-order valence-corrected chi connectivity index (χ4v) is 5.22. The Morgan fingerprint density at radius 1 is 1.11 bits per heavy atom. The highest BCUT2D eigenvalue weighted by Crippen LogP contribution is 2.49. The number of nitrogens with one attached hydrogen (secondary N) is 2. The summed E-state index contributed by atoms with van der Waals surface area (Å²) in [5.74, 6) is 3.25. The van der Waals surface area contributed by atoms with E-state index in [1.54, 1.807) is 12.3 Å². The zero-order valence-electron chi connectivity index (χ0n) is 15.9. The predicted octanol–water partition coefficient (Wildman–Crippen LogP) is 3.27. The van der Waals surface area contributed by atoms with Gasteiger partial charge < -0.3 is 15.5 Å². The number of carbonyl (C=O) groups is 2. The Labute approximate surface area is 161 Å². The van der Waals surface area contributed by atoms with Crippen molar-refractivity contribution in [3.8, 4) is 0 Å². The summed E-state index contributed by atoms with van der Waals surface area (Å²) in [5.41, 5.74) is 0. The largest absolute Gasteiger partial charge is 0.338 e. The number of amides is 3. The molecule has 6 nitrogen and oxygen atoms in total. The first kappa shape index (κ1) is 18.3. The van der Waals surface area contributed by atoms with E-state index in [2.05, 4.69) is 15.6 Å². The second kappa shape index (κ2) is 8.28. The molecule has 2 saturated carbocycles. The number of fused-ring (bicyclic) bond motifs is 2. The highest BCUT2D eigenvalue weighted by atomic mass is 16.2. The van der Waals surface area contributed by atoms with Crippen molar-refractivity contribution in [1.29, 1.82) is 0 Å². The molecule has 27 heavy (non-hydrogen) atoms. The van der Waals surface area contributed by atoms with E-state index in [1.165, 1.54) is 25.7 Å². The van der Waals surface area contributed by atoms with E-state index in [-0.39, 0.29) is 17.9 Å². The summed E-state index contributed by atoms with van der Waals surface area (Å²) >= 11 is 0. The number of likely N-dealkylation sites (tertiary alicyclic amines) is 1. The zero-order valence-corrected chi connectivity index (χ0v) is 15.9. The Balaban J connectivity index is 1.15. The smallest absolute Gasteiger partial charge is 0.317 e. The highest BCUT2D eigenvalue weighted by molar-refractivity contribution is 5.91. The Morgan fingerprint density at radius 3 is 2.63 bits per heavy atom. The lowest BCUT2D eigenvalue weighted by Gasteiger charge is -2.31. The summed E-state index contributed by atoms with van der Waals surface area (Å²) in [5, 5.41) is 5.96. The Morgan fingerprint density at radius 2 is 1.96 bits per heavy atom. The molecule has 0 radical (unpaired) electrons. The second-order valence-electron chi connectivity index (χ2n) is 8.42. The van der Waals surface area contributed by atoms with Crippen molar-refractivity contribution in [3.05, 3.63) is 24.4 Å². The molecule has 1 aromatic heterocycles. The highest BCUT2D eigenvalue weighted by Gasteiger charge is 2.39. The van der Waals surface area contributed by atoms with E-state index in [9.17, 15) is 9.59 Å². The molecule has 2 N–H and O–H groups in total. The molecule has 3 aliphatic rings. The Hall–Kier alpha value is -2.11. The van der Waals surface area contributed by atoms with Gasteiger partial charge in [0.15, 0.2) is 0 Å². The quantitative estimate of drug-likeness (QED) is 0.835. The van der Waals surface area contributed by atoms with E-state index in [0.29, 0.717) is 31.7 Å². The van der Waals surface area contributed by atoms with Gasteiger partial charge in [0.05, 0.1) is 0 Å². The predicted molar refractivity (Wildman–Crippen MR) is 104 cm³/mol. The fraction of sp³-hybridized carbons (Fsp3) is 0.667. The van der Waals surface area contributed by atoms with Gasteiger partial charge in [-0.25, -0.2) is 9.78 Å². The van der Waals surface area contributed by atoms with Crippen LogP contribution in [-0.4, -0.2) is 41.5 Å². The van der Waals surface area contributed by atoms with E-state index in [0.717, 1.165) is 30.7 Å². The topological polar surface area (TPSA) is 74.3 Å². The third-order valence-corrected chi connectivity index (χ3v) is 6.75. The van der Waals surface area contributed by atoms with Crippen LogP contribution in [0.3, 0.4) is 0 Å². The SMILES string of the molecule is O=C(Nc1ccccn1)C1CCN(C(=O)NCC[C@H]2C[C@H]3CC[C@H]2C3)CC1. The molecule has 0 aromatic carbocycles. The minimum Gasteiger partial charge on any atom is -0.338 e. The maximum absolute atomic E-state index is 12.4. The number of aromatic nitrogens is 1. The summed E-state index contributed by atoms with van der Waals surface area (Å²) in [6.45, 7) is 2.06. The van der Waals surface area contributed by atoms with Gasteiger partial charge in [-0.2, -0.15) is 0 Å². The molecule has 3 atom stereocenters. The van der Waals surface area contributed by atoms with Crippen molar-refractivity contribution in [2.24, 2.45) is 23.7 Å². The van der Waals surface area contributed by atoms with Crippen molar-refractivity contribution in [2.75, 3.05) is 25.0 Å². The molecular weight excluding hydrogens is 340 g/mol. The maximum atomic E-state index is 12.4. The van der Waals surface area contributed by atoms with Gasteiger partial charge in [-0.1, -0.05) is 12.5 Å². The number of anilines is 1. The number of nitrogens with zero attached hydrogens (tertiary/aromatic N) is 2. The number of urea groups is 1. The molecule has 1 aliphatic heterocycles. The number of hydrogen-bond acceptors (Lipinski definition) is 3. The van der Waals surface area contributed by atoms with Crippen molar-refractivity contribution in [2.45, 2.75) is 44.9 Å². The minimum absolute atomic E-state index is 0.00467. The molecule has 6 heteroatoms. The van der Waals surface area contributed by atoms with Crippen LogP contribution < -0.4 is 10.6 Å². The van der Waals surface area contributed by atoms with Crippen LogP contribution in [0.2, 0.25) is 0 Å². The van der Waals surface area contributed by atoms with Crippen molar-refractivity contribution >= 4 is 17.8 Å². The average Bonchev–Trinajstić information content (AvgIpc) is 3.32. The fourth-order valence-electron chi connectivity index (χ4n) is 5.22. The molecule has 2 aliphatic carbocycles. The lowest BCUT2D eigenvalue weighted by molar-refractivity contribution is -0.121. The molecule has 3 amide bonds. The maximum Gasteiger partial charge on any atom is 0.317 e. The number of rotatable bonds is 5. The summed E-state index contributed by atoms with van der Waals surface area (Å²) in [4.78, 5) is 30.7. The van der Waals surface area contributed by atoms with Crippen LogP contribution in [0.15, 0.2) is 24.4 Å². The normalized spacial score (nSPS) is 27.6. The molecule has 146 valence electrons. The summed E-state index contributed by atoms with van der Waals surface area (Å²) in [7, 11) is 0. The number of pyridine rings is 1. The average molecular weight is 370 g/mol. The minimum atomic E-state index is -0.0508. The van der Waals surface area contributed by atoms with Gasteiger partial charge in [0.2, 0.25) is 5.91 Å². The lowest BCUT2D eigenvalue weighted by atomic mass is 9.86. The molecule has 1 aromatic rings. The van der Waals surface area contributed by atoms with Crippen LogP contribution in [0.25, 0.3) is 0 Å². The van der Waals surface area contributed by atoms with Gasteiger partial charge in [-0.05, 0) is 68.4 Å². The monoisotopic (exact) mass is 370 g/mol. The number of hydrogen-bond donors (Lipinski definition) is 2. The van der Waals surface area contributed by atoms with E-state index in [4.69, 9.17) is 0 Å². The first-order valence-corrected chi connectivity index (χ1v) is 10.4. The molecule has 0 unspecified atom stereocenters. The molecule has 2 heterocycles. The summed E-state index contributed by atoms with van der Waals surface area (Å²) in [6.07, 6.45) is 9.82. The molecule has 1 saturated heterocycles. The summed E-state index contributed by atoms with van der Waals surface area (Å²) in [6, 6.07) is 5.49. The zero-order chi connectivity index (χ0) is 18.6. The van der Waals surface area contributed by atoms with Gasteiger partial charge in [0.25, 0.3) is 0 Å². The first-order chi connectivity index (χ1) is 13.2. The molecule has 3 fully saturated rings. The molecule has 2 bridgehead atoms. The summed E-state index contributed by atoms with van der Waals surface area (Å²) < 4.78 is 0. The Kier molecular flexibility index (Phi) is 5.60. The van der Waals surface area contributed by atoms with Crippen LogP contribution in [0.4, 0.5) is 10.6 Å². The Bertz CT molecular complexity index is 657. The lowest BCUT2D eigenvalue weighted by Crippen LogP contribution is -2.46. The third kappa shape index (κ3) is 4.42. The molecule has 0 spiro atoms. The van der Waals surface area contributed by atoms with Crippen LogP contribution in [0.5, 0.6) is 0 Å². The van der Waals surface area contributed by atoms with E-state index >= 15 is 0 Å². The van der Waals surface area contributed by atoms with Crippen molar-refractivity contribution in [1.82, 2.24) is 15.2 Å². The van der Waals surface area contributed by atoms with Crippen LogP contribution >= 0.6 is 0 Å². The van der Waals surface area contributed by atoms with Gasteiger partial charge in [-0.15, -0.1) is 0 Å². The first-order valence-electron chi connectivity index (χ1n) is 10.4. The van der Waals surface area contributed by atoms with Gasteiger partial charge >= 0.3 is 6.03 Å². The van der Waals surface area contributed by atoms with Crippen LogP contribution in [0.1, 0.15) is 44.9 Å². The number of piperidine rings is 1. The van der Waals surface area contributed by atoms with Crippen LogP contribution in [-0.2, 0) is 4.79 Å². The van der Waals surface area contributed by atoms with E-state index < -0.39 is 0 Å². The second-order valence-corrected chi connectivity index (χ2v) is 8.42. The van der Waals surface area contributed by atoms with Crippen molar-refractivity contribution in [3.63, 3.8) is 0 Å². The number of carbonyl (C=O) groups excluding carboxylic acids is 2. The standard InChI is InChI=1S/C21H30N4O2/c26-20(24-19-3-1-2-9-22-19)16-7-11-25(12-8-16)21(27)23-10-6-18-14-15-4-5-17(18)13-15/h1-3,9,15-18H,4-8,10-14H2,(H,23,27)(H,22,24,26)/t15-,17-,18-/m0/s1. The van der Waals surface area contributed by atoms with Gasteiger partial charge in [0, 0.05) is 31.7 Å². The molecular formula is C21H30N4O2. The van der Waals surface area contributed by atoms with Gasteiger partial charge in [-0.3, -0.25) is 4.79 Å². The third-order valence-electron chi connectivity index (χ3n) is 6.75. The van der Waals surface area contributed by atoms with Crippen LogP contribution in [0, 0.1) is 23.7 Å². The van der Waals surface area contributed by atoms with Crippen molar-refractivity contribution < 1.29 is 9.59 Å².